The molecule has 2 heterocycles. The van der Waals surface area contributed by atoms with Crippen molar-refractivity contribution in [3.63, 3.8) is 0 Å². The van der Waals surface area contributed by atoms with Crippen LogP contribution in [-0.4, -0.2) is 42.8 Å². The number of aliphatic hydroxyl groups is 1. The number of hydrogen-bond donors (Lipinski definition) is 2. The zero-order valence-corrected chi connectivity index (χ0v) is 18.7. The van der Waals surface area contributed by atoms with Crippen LogP contribution in [0.25, 0.3) is 5.82 Å². The Morgan fingerprint density at radius 2 is 1.94 bits per heavy atom. The summed E-state index contributed by atoms with van der Waals surface area (Å²) in [5.74, 6) is -2.19. The van der Waals surface area contributed by atoms with Crippen molar-refractivity contribution in [1.29, 1.82) is 0 Å². The first-order valence-corrected chi connectivity index (χ1v) is 10.9. The Balaban J connectivity index is 1.77. The van der Waals surface area contributed by atoms with Gasteiger partial charge in [0.1, 0.15) is 17.7 Å². The zero-order valence-electron chi connectivity index (χ0n) is 17.9. The fourth-order valence-electron chi connectivity index (χ4n) is 4.10. The Morgan fingerprint density at radius 3 is 2.57 bits per heavy atom. The van der Waals surface area contributed by atoms with Gasteiger partial charge in [-0.25, -0.2) is 18.4 Å². The molecule has 7 nitrogen and oxygen atoms in total. The summed E-state index contributed by atoms with van der Waals surface area (Å²) in [6.45, 7) is 0. The van der Waals surface area contributed by atoms with E-state index < -0.39 is 47.2 Å². The summed E-state index contributed by atoms with van der Waals surface area (Å²) in [5, 5.41) is 20.7. The van der Waals surface area contributed by atoms with E-state index in [0.29, 0.717) is 6.07 Å². The minimum absolute atomic E-state index is 0.00183. The largest absolute Gasteiger partial charge is 0.433 e. The second-order valence-electron chi connectivity index (χ2n) is 8.24. The summed E-state index contributed by atoms with van der Waals surface area (Å²) in [4.78, 5) is 16.9. The molecule has 1 aliphatic carbocycles. The van der Waals surface area contributed by atoms with Gasteiger partial charge < -0.3 is 10.4 Å². The molecule has 1 amide bonds. The van der Waals surface area contributed by atoms with E-state index in [1.54, 1.807) is 0 Å². The van der Waals surface area contributed by atoms with Crippen molar-refractivity contribution in [3.05, 3.63) is 70.4 Å². The Hall–Kier alpha value is -3.12. The fraction of sp³-hybridized carbons (Fsp3) is 0.364. The third kappa shape index (κ3) is 5.13. The number of nitrogens with one attached hydrogen (secondary N) is 1. The molecule has 2 N–H and O–H groups in total. The number of nitrogens with zero attached hydrogens (tertiary/aromatic N) is 4. The van der Waals surface area contributed by atoms with E-state index in [1.165, 1.54) is 24.5 Å². The molecule has 186 valence electrons. The van der Waals surface area contributed by atoms with Gasteiger partial charge in [0.15, 0.2) is 5.82 Å². The average molecular weight is 516 g/mol. The van der Waals surface area contributed by atoms with Crippen molar-refractivity contribution < 1.29 is 31.9 Å². The molecule has 4 rings (SSSR count). The van der Waals surface area contributed by atoms with Gasteiger partial charge in [0.05, 0.1) is 34.6 Å². The highest BCUT2D eigenvalue weighted by atomic mass is 35.5. The summed E-state index contributed by atoms with van der Waals surface area (Å²) in [5.41, 5.74) is -3.22. The van der Waals surface area contributed by atoms with Gasteiger partial charge in [-0.1, -0.05) is 28.9 Å². The maximum atomic E-state index is 14.2. The normalized spacial score (nSPS) is 21.5. The van der Waals surface area contributed by atoms with Gasteiger partial charge in [0.2, 0.25) is 0 Å². The highest BCUT2D eigenvalue weighted by molar-refractivity contribution is 6.31. The first kappa shape index (κ1) is 25.0. The number of rotatable bonds is 5. The quantitative estimate of drug-likeness (QED) is 0.485. The number of halogens is 6. The molecule has 35 heavy (non-hydrogen) atoms. The Labute approximate surface area is 200 Å². The minimum Gasteiger partial charge on any atom is -0.387 e. The predicted molar refractivity (Wildman–Crippen MR) is 114 cm³/mol. The van der Waals surface area contributed by atoms with Gasteiger partial charge in [0.25, 0.3) is 5.91 Å². The Bertz CT molecular complexity index is 1210. The number of aromatic nitrogens is 4. The minimum atomic E-state index is -4.79. The number of benzene rings is 1. The lowest BCUT2D eigenvalue weighted by molar-refractivity contribution is -0.141. The third-order valence-corrected chi connectivity index (χ3v) is 6.33. The van der Waals surface area contributed by atoms with Crippen LogP contribution in [0.1, 0.15) is 53.3 Å². The van der Waals surface area contributed by atoms with Crippen LogP contribution in [0.2, 0.25) is 5.02 Å². The molecule has 13 heteroatoms. The predicted octanol–water partition coefficient (Wildman–Crippen LogP) is 4.59. The van der Waals surface area contributed by atoms with Crippen LogP contribution >= 0.6 is 11.6 Å². The molecule has 0 aliphatic heterocycles. The molecule has 0 radical (unpaired) electrons. The van der Waals surface area contributed by atoms with Crippen molar-refractivity contribution >= 4 is 17.5 Å². The molecule has 2 aromatic heterocycles. The van der Waals surface area contributed by atoms with Gasteiger partial charge in [-0.15, -0.1) is 5.10 Å². The summed E-state index contributed by atoms with van der Waals surface area (Å²) in [6.07, 6.45) is -3.66. The van der Waals surface area contributed by atoms with Crippen LogP contribution < -0.4 is 5.32 Å². The molecule has 1 saturated carbocycles. The second kappa shape index (κ2) is 9.50. The lowest BCUT2D eigenvalue weighted by Gasteiger charge is -2.41. The molecular weight excluding hydrogens is 497 g/mol. The van der Waals surface area contributed by atoms with E-state index in [2.05, 4.69) is 20.6 Å². The number of amides is 1. The molecule has 0 bridgehead atoms. The van der Waals surface area contributed by atoms with E-state index >= 15 is 0 Å². The third-order valence-electron chi connectivity index (χ3n) is 5.94. The molecule has 1 aliphatic rings. The molecule has 0 spiro atoms. The summed E-state index contributed by atoms with van der Waals surface area (Å²) >= 11 is 6.14. The topological polar surface area (TPSA) is 92.9 Å². The summed E-state index contributed by atoms with van der Waals surface area (Å²) in [6, 6.07) is 4.07. The van der Waals surface area contributed by atoms with Crippen molar-refractivity contribution in [2.45, 2.75) is 49.7 Å². The standard InChI is InChI=1S/C22H19ClF5N5O2/c23-17-13(2-1-3-15(17)25)18(21(35)8-6-12(24)7-9-21)31-20(34)14-4-5-16(22(26,27)28)30-19(14)33-11-10-29-32-33/h1-5,10-12,18,35H,6-9H2,(H,31,34). The van der Waals surface area contributed by atoms with Gasteiger partial charge in [-0.05, 0) is 49.4 Å². The lowest BCUT2D eigenvalue weighted by Crippen LogP contribution is -2.49. The van der Waals surface area contributed by atoms with Crippen LogP contribution in [-0.2, 0) is 6.18 Å². The number of pyridine rings is 1. The number of carbonyl (C=O) groups is 1. The first-order chi connectivity index (χ1) is 16.5. The van der Waals surface area contributed by atoms with Crippen LogP contribution in [0.5, 0.6) is 0 Å². The van der Waals surface area contributed by atoms with Gasteiger partial charge in [-0.3, -0.25) is 4.79 Å². The molecular formula is C22H19ClF5N5O2. The lowest BCUT2D eigenvalue weighted by atomic mass is 9.76. The maximum Gasteiger partial charge on any atom is 0.433 e. The van der Waals surface area contributed by atoms with E-state index in [4.69, 9.17) is 11.6 Å². The van der Waals surface area contributed by atoms with Gasteiger partial charge >= 0.3 is 6.18 Å². The van der Waals surface area contributed by atoms with Crippen molar-refractivity contribution in [3.8, 4) is 5.82 Å². The molecule has 0 saturated heterocycles. The Kier molecular flexibility index (Phi) is 6.78. The number of carbonyl (C=O) groups excluding carboxylic acids is 1. The van der Waals surface area contributed by atoms with Crippen molar-refractivity contribution in [2.24, 2.45) is 0 Å². The van der Waals surface area contributed by atoms with Crippen LogP contribution in [0.3, 0.4) is 0 Å². The highest BCUT2D eigenvalue weighted by Gasteiger charge is 2.43. The smallest absolute Gasteiger partial charge is 0.387 e. The highest BCUT2D eigenvalue weighted by Crippen LogP contribution is 2.42. The van der Waals surface area contributed by atoms with Crippen LogP contribution in [0, 0.1) is 5.82 Å². The van der Waals surface area contributed by atoms with Crippen molar-refractivity contribution in [1.82, 2.24) is 25.3 Å². The van der Waals surface area contributed by atoms with Crippen molar-refractivity contribution in [2.75, 3.05) is 0 Å². The molecule has 1 fully saturated rings. The molecule has 1 atom stereocenters. The first-order valence-electron chi connectivity index (χ1n) is 10.6. The Morgan fingerprint density at radius 1 is 1.23 bits per heavy atom. The van der Waals surface area contributed by atoms with E-state index in [1.807, 2.05) is 0 Å². The summed E-state index contributed by atoms with van der Waals surface area (Å²) < 4.78 is 68.7. The monoisotopic (exact) mass is 515 g/mol. The average Bonchev–Trinajstić information content (AvgIpc) is 3.35. The number of hydrogen-bond acceptors (Lipinski definition) is 5. The fourth-order valence-corrected chi connectivity index (χ4v) is 4.34. The van der Waals surface area contributed by atoms with E-state index in [9.17, 15) is 31.9 Å². The zero-order chi connectivity index (χ0) is 25.4. The van der Waals surface area contributed by atoms with Gasteiger partial charge in [0, 0.05) is 0 Å². The van der Waals surface area contributed by atoms with E-state index in [0.717, 1.165) is 16.8 Å². The van der Waals surface area contributed by atoms with Crippen LogP contribution in [0.4, 0.5) is 22.0 Å². The second-order valence-corrected chi connectivity index (χ2v) is 8.62. The summed E-state index contributed by atoms with van der Waals surface area (Å²) in [7, 11) is 0. The van der Waals surface area contributed by atoms with Crippen LogP contribution in [0.15, 0.2) is 42.7 Å². The van der Waals surface area contributed by atoms with E-state index in [-0.39, 0.29) is 41.8 Å². The molecule has 3 aromatic rings. The van der Waals surface area contributed by atoms with Gasteiger partial charge in [-0.2, -0.15) is 13.2 Å². The SMILES string of the molecule is O=C(NC(c1cccc(F)c1Cl)C1(O)CCC(F)CC1)c1ccc(C(F)(F)F)nc1-n1ccnn1. The maximum absolute atomic E-state index is 14.2. The molecule has 1 unspecified atom stereocenters. The molecule has 1 aromatic carbocycles. The number of alkyl halides is 4.